The van der Waals surface area contributed by atoms with Crippen molar-refractivity contribution in [2.45, 2.75) is 44.9 Å². The number of fused-ring (bicyclic) bond motifs is 1. The standard InChI is InChI=1S/C16H23N3OS/c1-3-5-6-11(4-2)16(20)18-12-7-8-13-14(9-12)19-15(21)10-17-13/h7-11,15,19,21H,3-6H2,1-2H3,(H,18,20). The van der Waals surface area contributed by atoms with Crippen LogP contribution in [0.1, 0.15) is 39.5 Å². The van der Waals surface area contributed by atoms with Crippen LogP contribution in [-0.2, 0) is 4.79 Å². The molecular formula is C16H23N3OS. The summed E-state index contributed by atoms with van der Waals surface area (Å²) in [6, 6.07) is 5.71. The van der Waals surface area contributed by atoms with Crippen LogP contribution in [0.4, 0.5) is 17.1 Å². The molecule has 114 valence electrons. The van der Waals surface area contributed by atoms with Crippen molar-refractivity contribution in [2.24, 2.45) is 10.9 Å². The molecule has 0 radical (unpaired) electrons. The number of amides is 1. The third-order valence-corrected chi connectivity index (χ3v) is 3.95. The van der Waals surface area contributed by atoms with Gasteiger partial charge < -0.3 is 10.6 Å². The summed E-state index contributed by atoms with van der Waals surface area (Å²) < 4.78 is 0. The maximum atomic E-state index is 12.3. The predicted octanol–water partition coefficient (Wildman–Crippen LogP) is 4.23. The van der Waals surface area contributed by atoms with E-state index in [1.54, 1.807) is 6.21 Å². The summed E-state index contributed by atoms with van der Waals surface area (Å²) in [5.74, 6) is 0.192. The van der Waals surface area contributed by atoms with Gasteiger partial charge in [0.05, 0.1) is 11.4 Å². The summed E-state index contributed by atoms with van der Waals surface area (Å²) in [5, 5.41) is 6.14. The lowest BCUT2D eigenvalue weighted by Gasteiger charge is -2.19. The van der Waals surface area contributed by atoms with Gasteiger partial charge in [0.2, 0.25) is 5.91 Å². The number of carbonyl (C=O) groups is 1. The number of hydrogen-bond donors (Lipinski definition) is 3. The van der Waals surface area contributed by atoms with Gasteiger partial charge in [0, 0.05) is 17.8 Å². The molecule has 2 rings (SSSR count). The lowest BCUT2D eigenvalue weighted by Crippen LogP contribution is -2.22. The van der Waals surface area contributed by atoms with Crippen molar-refractivity contribution >= 4 is 41.8 Å². The minimum absolute atomic E-state index is 0.0867. The molecule has 2 unspecified atom stereocenters. The van der Waals surface area contributed by atoms with Crippen LogP contribution in [0.3, 0.4) is 0 Å². The molecule has 4 nitrogen and oxygen atoms in total. The molecule has 0 aromatic heterocycles. The van der Waals surface area contributed by atoms with E-state index in [0.717, 1.165) is 42.7 Å². The van der Waals surface area contributed by atoms with Crippen LogP contribution in [0.25, 0.3) is 0 Å². The summed E-state index contributed by atoms with van der Waals surface area (Å²) >= 11 is 4.33. The molecule has 1 aliphatic rings. The van der Waals surface area contributed by atoms with Crippen molar-refractivity contribution in [2.75, 3.05) is 10.6 Å². The summed E-state index contributed by atoms with van der Waals surface area (Å²) in [7, 11) is 0. The van der Waals surface area contributed by atoms with Crippen molar-refractivity contribution in [3.05, 3.63) is 18.2 Å². The summed E-state index contributed by atoms with van der Waals surface area (Å²) in [5.41, 5.74) is 2.58. The van der Waals surface area contributed by atoms with Gasteiger partial charge in [0.25, 0.3) is 0 Å². The van der Waals surface area contributed by atoms with E-state index < -0.39 is 0 Å². The first-order valence-electron chi connectivity index (χ1n) is 7.57. The SMILES string of the molecule is CCCCC(CC)C(=O)Nc1ccc2c(c1)NC(S)C=N2. The maximum absolute atomic E-state index is 12.3. The van der Waals surface area contributed by atoms with E-state index >= 15 is 0 Å². The normalized spacial score (nSPS) is 17.8. The summed E-state index contributed by atoms with van der Waals surface area (Å²) in [6.45, 7) is 4.21. The Bertz CT molecular complexity index is 530. The van der Waals surface area contributed by atoms with Gasteiger partial charge in [0.15, 0.2) is 0 Å². The molecule has 0 bridgehead atoms. The van der Waals surface area contributed by atoms with E-state index in [0.29, 0.717) is 0 Å². The van der Waals surface area contributed by atoms with Gasteiger partial charge >= 0.3 is 0 Å². The molecule has 1 heterocycles. The van der Waals surface area contributed by atoms with E-state index in [1.807, 2.05) is 18.2 Å². The molecule has 0 saturated carbocycles. The monoisotopic (exact) mass is 305 g/mol. The van der Waals surface area contributed by atoms with Crippen LogP contribution in [0.2, 0.25) is 0 Å². The molecule has 5 heteroatoms. The summed E-state index contributed by atoms with van der Waals surface area (Å²) in [6.07, 6.45) is 5.78. The number of carbonyl (C=O) groups excluding carboxylic acids is 1. The fourth-order valence-electron chi connectivity index (χ4n) is 2.40. The fraction of sp³-hybridized carbons (Fsp3) is 0.500. The lowest BCUT2D eigenvalue weighted by atomic mass is 9.98. The van der Waals surface area contributed by atoms with Gasteiger partial charge in [-0.15, -0.1) is 12.6 Å². The Kier molecular flexibility index (Phi) is 5.67. The highest BCUT2D eigenvalue weighted by atomic mass is 32.1. The van der Waals surface area contributed by atoms with E-state index in [9.17, 15) is 4.79 Å². The molecule has 0 saturated heterocycles. The second-order valence-electron chi connectivity index (χ2n) is 5.34. The molecule has 2 N–H and O–H groups in total. The molecule has 1 aromatic rings. The number of nitrogens with zero attached hydrogens (tertiary/aromatic N) is 1. The van der Waals surface area contributed by atoms with Crippen LogP contribution in [-0.4, -0.2) is 17.5 Å². The second-order valence-corrected chi connectivity index (χ2v) is 5.89. The largest absolute Gasteiger partial charge is 0.367 e. The highest BCUT2D eigenvalue weighted by Crippen LogP contribution is 2.31. The number of anilines is 2. The van der Waals surface area contributed by atoms with Crippen LogP contribution in [0.5, 0.6) is 0 Å². The van der Waals surface area contributed by atoms with Crippen molar-refractivity contribution in [1.29, 1.82) is 0 Å². The van der Waals surface area contributed by atoms with Gasteiger partial charge in [-0.25, -0.2) is 0 Å². The van der Waals surface area contributed by atoms with Gasteiger partial charge in [0.1, 0.15) is 5.37 Å². The number of unbranched alkanes of at least 4 members (excludes halogenated alkanes) is 1. The average Bonchev–Trinajstić information content (AvgIpc) is 2.47. The number of aliphatic imine (C=N–C) groups is 1. The predicted molar refractivity (Wildman–Crippen MR) is 92.9 cm³/mol. The Morgan fingerprint density at radius 3 is 3.00 bits per heavy atom. The third-order valence-electron chi connectivity index (χ3n) is 3.69. The number of rotatable bonds is 6. The van der Waals surface area contributed by atoms with Gasteiger partial charge in [-0.05, 0) is 31.0 Å². The number of benzene rings is 1. The lowest BCUT2D eigenvalue weighted by molar-refractivity contribution is -0.120. The zero-order chi connectivity index (χ0) is 15.2. The maximum Gasteiger partial charge on any atom is 0.227 e. The molecule has 1 aliphatic heterocycles. The molecule has 0 aliphatic carbocycles. The van der Waals surface area contributed by atoms with Crippen molar-refractivity contribution in [1.82, 2.24) is 0 Å². The van der Waals surface area contributed by atoms with Crippen LogP contribution < -0.4 is 10.6 Å². The Hall–Kier alpha value is -1.49. The van der Waals surface area contributed by atoms with E-state index in [1.165, 1.54) is 0 Å². The smallest absolute Gasteiger partial charge is 0.227 e. The topological polar surface area (TPSA) is 53.5 Å². The van der Waals surface area contributed by atoms with E-state index in [4.69, 9.17) is 0 Å². The molecular weight excluding hydrogens is 282 g/mol. The highest BCUT2D eigenvalue weighted by Gasteiger charge is 2.17. The molecule has 1 aromatic carbocycles. The Morgan fingerprint density at radius 2 is 2.29 bits per heavy atom. The molecule has 1 amide bonds. The van der Waals surface area contributed by atoms with Crippen LogP contribution in [0.15, 0.2) is 23.2 Å². The minimum atomic E-state index is -0.0867. The number of nitrogens with one attached hydrogen (secondary N) is 2. The average molecular weight is 305 g/mol. The molecule has 0 fully saturated rings. The van der Waals surface area contributed by atoms with E-state index in [-0.39, 0.29) is 17.2 Å². The Morgan fingerprint density at radius 1 is 1.48 bits per heavy atom. The zero-order valence-corrected chi connectivity index (χ0v) is 13.5. The second kappa shape index (κ2) is 7.50. The minimum Gasteiger partial charge on any atom is -0.367 e. The molecule has 21 heavy (non-hydrogen) atoms. The van der Waals surface area contributed by atoms with Crippen molar-refractivity contribution in [3.63, 3.8) is 0 Å². The molecule has 2 atom stereocenters. The third kappa shape index (κ3) is 4.24. The van der Waals surface area contributed by atoms with Crippen LogP contribution >= 0.6 is 12.6 Å². The quantitative estimate of drug-likeness (QED) is 0.689. The van der Waals surface area contributed by atoms with Crippen LogP contribution in [0, 0.1) is 5.92 Å². The van der Waals surface area contributed by atoms with Gasteiger partial charge in [-0.2, -0.15) is 0 Å². The highest BCUT2D eigenvalue weighted by molar-refractivity contribution is 7.81. The van der Waals surface area contributed by atoms with Crippen molar-refractivity contribution < 1.29 is 4.79 Å². The molecule has 0 spiro atoms. The number of thiol groups is 1. The zero-order valence-electron chi connectivity index (χ0n) is 12.6. The Labute approximate surface area is 131 Å². The first-order chi connectivity index (χ1) is 10.1. The van der Waals surface area contributed by atoms with Crippen molar-refractivity contribution in [3.8, 4) is 0 Å². The first-order valence-corrected chi connectivity index (χ1v) is 8.09. The first kappa shape index (κ1) is 15.9. The Balaban J connectivity index is 2.04. The summed E-state index contributed by atoms with van der Waals surface area (Å²) in [4.78, 5) is 16.6. The van der Waals surface area contributed by atoms with Gasteiger partial charge in [-0.3, -0.25) is 9.79 Å². The van der Waals surface area contributed by atoms with E-state index in [2.05, 4.69) is 42.1 Å². The number of hydrogen-bond acceptors (Lipinski definition) is 4. The van der Waals surface area contributed by atoms with Gasteiger partial charge in [-0.1, -0.05) is 26.7 Å². The fourth-order valence-corrected chi connectivity index (χ4v) is 2.61.